The molecule has 2 atom stereocenters. The van der Waals surface area contributed by atoms with Gasteiger partial charge in [0.1, 0.15) is 5.69 Å². The molecule has 2 aromatic carbocycles. The second-order valence-corrected chi connectivity index (χ2v) is 6.35. The molecule has 2 aromatic rings. The van der Waals surface area contributed by atoms with Crippen LogP contribution in [0.1, 0.15) is 23.6 Å². The third-order valence-corrected chi connectivity index (χ3v) is 4.74. The van der Waals surface area contributed by atoms with Crippen LogP contribution in [0, 0.1) is 16.0 Å². The first kappa shape index (κ1) is 17.9. The second-order valence-electron chi connectivity index (χ2n) is 6.35. The maximum atomic E-state index is 12.4. The molecule has 0 heterocycles. The lowest BCUT2D eigenvalue weighted by atomic mass is 9.80. The number of aryl methyl sites for hydroxylation is 1. The zero-order chi connectivity index (χ0) is 18.5. The van der Waals surface area contributed by atoms with Crippen LogP contribution in [0.3, 0.4) is 0 Å². The van der Waals surface area contributed by atoms with Gasteiger partial charge in [-0.15, -0.1) is 0 Å². The maximum absolute atomic E-state index is 12.4. The van der Waals surface area contributed by atoms with Gasteiger partial charge in [-0.25, -0.2) is 0 Å². The van der Waals surface area contributed by atoms with Crippen LogP contribution < -0.4 is 10.6 Å². The van der Waals surface area contributed by atoms with E-state index in [4.69, 9.17) is 0 Å². The number of benzene rings is 2. The van der Waals surface area contributed by atoms with Gasteiger partial charge in [-0.1, -0.05) is 36.4 Å². The highest BCUT2D eigenvalue weighted by molar-refractivity contribution is 5.82. The van der Waals surface area contributed by atoms with Crippen molar-refractivity contribution in [3.8, 4) is 0 Å². The molecular formula is C19H21N3O4. The Morgan fingerprint density at radius 2 is 1.92 bits per heavy atom. The van der Waals surface area contributed by atoms with Crippen LogP contribution in [-0.4, -0.2) is 29.1 Å². The van der Waals surface area contributed by atoms with E-state index in [0.29, 0.717) is 5.69 Å². The smallest absolute Gasteiger partial charge is 0.292 e. The highest BCUT2D eigenvalue weighted by Crippen LogP contribution is 2.34. The Morgan fingerprint density at radius 1 is 1.19 bits per heavy atom. The predicted molar refractivity (Wildman–Crippen MR) is 97.8 cm³/mol. The molecule has 3 rings (SSSR count). The van der Waals surface area contributed by atoms with Crippen molar-refractivity contribution in [1.82, 2.24) is 5.32 Å². The summed E-state index contributed by atoms with van der Waals surface area (Å²) in [6.45, 7) is -0.0848. The number of para-hydroxylation sites is 2. The summed E-state index contributed by atoms with van der Waals surface area (Å²) in [6.07, 6.45) is 1.68. The van der Waals surface area contributed by atoms with Crippen molar-refractivity contribution in [1.29, 1.82) is 0 Å². The van der Waals surface area contributed by atoms with Crippen LogP contribution in [-0.2, 0) is 11.2 Å². The molecule has 0 aromatic heterocycles. The van der Waals surface area contributed by atoms with E-state index in [-0.39, 0.29) is 36.7 Å². The summed E-state index contributed by atoms with van der Waals surface area (Å²) < 4.78 is 0. The zero-order valence-electron chi connectivity index (χ0n) is 14.2. The fourth-order valence-electron chi connectivity index (χ4n) is 3.40. The summed E-state index contributed by atoms with van der Waals surface area (Å²) in [6, 6.07) is 13.8. The minimum atomic E-state index is -0.487. The van der Waals surface area contributed by atoms with Crippen molar-refractivity contribution in [2.75, 3.05) is 18.5 Å². The first-order valence-electron chi connectivity index (χ1n) is 8.55. The highest BCUT2D eigenvalue weighted by atomic mass is 16.6. The lowest BCUT2D eigenvalue weighted by Crippen LogP contribution is -2.40. The number of fused-ring (bicyclic) bond motifs is 1. The number of aliphatic hydroxyl groups excluding tert-OH is 1. The number of anilines is 1. The number of nitrogens with one attached hydrogen (secondary N) is 2. The quantitative estimate of drug-likeness (QED) is 0.545. The lowest BCUT2D eigenvalue weighted by Gasteiger charge is -2.33. The number of hydrogen-bond donors (Lipinski definition) is 3. The Labute approximate surface area is 151 Å². The Kier molecular flexibility index (Phi) is 5.48. The number of nitro benzene ring substituents is 1. The van der Waals surface area contributed by atoms with Crippen molar-refractivity contribution in [3.05, 3.63) is 69.8 Å². The molecule has 7 heteroatoms. The van der Waals surface area contributed by atoms with E-state index < -0.39 is 4.92 Å². The van der Waals surface area contributed by atoms with Gasteiger partial charge in [0, 0.05) is 18.6 Å². The molecule has 0 saturated heterocycles. The molecule has 7 nitrogen and oxygen atoms in total. The van der Waals surface area contributed by atoms with Gasteiger partial charge in [0.15, 0.2) is 0 Å². The summed E-state index contributed by atoms with van der Waals surface area (Å²) in [5.74, 6) is -0.316. The number of carbonyl (C=O) groups excluding carboxylic acids is 1. The molecule has 0 aliphatic heterocycles. The average molecular weight is 355 g/mol. The SMILES string of the molecule is O=C(CNc1ccccc1[N+](=O)[O-])N[C@H]1c2ccccc2CC[C@@H]1CO. The molecule has 0 unspecified atom stereocenters. The number of aliphatic hydroxyl groups is 1. The first-order chi connectivity index (χ1) is 12.6. The van der Waals surface area contributed by atoms with Gasteiger partial charge in [-0.3, -0.25) is 14.9 Å². The molecule has 0 fully saturated rings. The molecule has 0 radical (unpaired) electrons. The Hall–Kier alpha value is -2.93. The summed E-state index contributed by atoms with van der Waals surface area (Å²) >= 11 is 0. The third kappa shape index (κ3) is 3.83. The van der Waals surface area contributed by atoms with E-state index in [1.54, 1.807) is 18.2 Å². The summed E-state index contributed by atoms with van der Waals surface area (Å²) in [5.41, 5.74) is 2.43. The van der Waals surface area contributed by atoms with Crippen molar-refractivity contribution in [3.63, 3.8) is 0 Å². The number of rotatable bonds is 6. The van der Waals surface area contributed by atoms with Crippen LogP contribution in [0.25, 0.3) is 0 Å². The molecule has 1 amide bonds. The van der Waals surface area contributed by atoms with Crippen molar-refractivity contribution in [2.24, 2.45) is 5.92 Å². The van der Waals surface area contributed by atoms with E-state index in [2.05, 4.69) is 10.6 Å². The van der Waals surface area contributed by atoms with Crippen molar-refractivity contribution >= 4 is 17.3 Å². The highest BCUT2D eigenvalue weighted by Gasteiger charge is 2.30. The molecule has 1 aliphatic carbocycles. The molecule has 26 heavy (non-hydrogen) atoms. The second kappa shape index (κ2) is 7.97. The summed E-state index contributed by atoms with van der Waals surface area (Å²) in [7, 11) is 0. The minimum Gasteiger partial charge on any atom is -0.396 e. The number of carbonyl (C=O) groups is 1. The van der Waals surface area contributed by atoms with E-state index in [0.717, 1.165) is 18.4 Å². The number of hydrogen-bond acceptors (Lipinski definition) is 5. The van der Waals surface area contributed by atoms with Crippen molar-refractivity contribution in [2.45, 2.75) is 18.9 Å². The molecule has 1 aliphatic rings. The van der Waals surface area contributed by atoms with Gasteiger partial charge in [-0.05, 0) is 30.0 Å². The topological polar surface area (TPSA) is 104 Å². The first-order valence-corrected chi connectivity index (χ1v) is 8.55. The van der Waals surface area contributed by atoms with Gasteiger partial charge in [-0.2, -0.15) is 0 Å². The fraction of sp³-hybridized carbons (Fsp3) is 0.316. The molecule has 0 spiro atoms. The zero-order valence-corrected chi connectivity index (χ0v) is 14.2. The average Bonchev–Trinajstić information content (AvgIpc) is 2.66. The predicted octanol–water partition coefficient (Wildman–Crippen LogP) is 2.42. The van der Waals surface area contributed by atoms with Gasteiger partial charge in [0.05, 0.1) is 17.5 Å². The van der Waals surface area contributed by atoms with E-state index in [1.807, 2.05) is 24.3 Å². The maximum Gasteiger partial charge on any atom is 0.292 e. The van der Waals surface area contributed by atoms with Crippen molar-refractivity contribution < 1.29 is 14.8 Å². The Morgan fingerprint density at radius 3 is 2.69 bits per heavy atom. The number of nitrogens with zero attached hydrogens (tertiary/aromatic N) is 1. The van der Waals surface area contributed by atoms with Crippen LogP contribution >= 0.6 is 0 Å². The van der Waals surface area contributed by atoms with Crippen LogP contribution in [0.2, 0.25) is 0 Å². The normalized spacial score (nSPS) is 18.7. The summed E-state index contributed by atoms with van der Waals surface area (Å²) in [5, 5.41) is 26.5. The fourth-order valence-corrected chi connectivity index (χ4v) is 3.40. The minimum absolute atomic E-state index is 0.00311. The largest absolute Gasteiger partial charge is 0.396 e. The van der Waals surface area contributed by atoms with E-state index in [1.165, 1.54) is 11.6 Å². The molecule has 0 bridgehead atoms. The van der Waals surface area contributed by atoms with E-state index in [9.17, 15) is 20.0 Å². The standard InChI is InChI=1S/C19H21N3O4/c23-12-14-10-9-13-5-1-2-6-15(13)19(14)21-18(24)11-20-16-7-3-4-8-17(16)22(25)26/h1-8,14,19-20,23H,9-12H2,(H,21,24)/t14-,19-/m1/s1. The molecule has 3 N–H and O–H groups in total. The van der Waals surface area contributed by atoms with Gasteiger partial charge < -0.3 is 15.7 Å². The van der Waals surface area contributed by atoms with E-state index >= 15 is 0 Å². The lowest BCUT2D eigenvalue weighted by molar-refractivity contribution is -0.383. The number of amides is 1. The van der Waals surface area contributed by atoms with Crippen LogP contribution in [0.5, 0.6) is 0 Å². The molecule has 136 valence electrons. The Balaban J connectivity index is 1.69. The molecule has 0 saturated carbocycles. The van der Waals surface area contributed by atoms with Gasteiger partial charge in [0.2, 0.25) is 5.91 Å². The van der Waals surface area contributed by atoms with Gasteiger partial charge >= 0.3 is 0 Å². The van der Waals surface area contributed by atoms with Crippen LogP contribution in [0.15, 0.2) is 48.5 Å². The van der Waals surface area contributed by atoms with Gasteiger partial charge in [0.25, 0.3) is 5.69 Å². The third-order valence-electron chi connectivity index (χ3n) is 4.74. The Bertz CT molecular complexity index is 809. The van der Waals surface area contributed by atoms with Crippen LogP contribution in [0.4, 0.5) is 11.4 Å². The molecular weight excluding hydrogens is 334 g/mol. The monoisotopic (exact) mass is 355 g/mol. The number of nitro groups is 1. The summed E-state index contributed by atoms with van der Waals surface area (Å²) in [4.78, 5) is 23.0.